The van der Waals surface area contributed by atoms with Crippen molar-refractivity contribution in [3.63, 3.8) is 0 Å². The fraction of sp³-hybridized carbons (Fsp3) is 0.125. The molecule has 0 bridgehead atoms. The highest BCUT2D eigenvalue weighted by Crippen LogP contribution is 2.15. The van der Waals surface area contributed by atoms with Crippen LogP contribution in [-0.2, 0) is 0 Å². The summed E-state index contributed by atoms with van der Waals surface area (Å²) in [6.07, 6.45) is 0. The van der Waals surface area contributed by atoms with Gasteiger partial charge in [0.15, 0.2) is 5.78 Å². The van der Waals surface area contributed by atoms with Crippen molar-refractivity contribution in [3.8, 4) is 0 Å². The molecule has 0 heterocycles. The lowest BCUT2D eigenvalue weighted by molar-refractivity contribution is 0.103. The van der Waals surface area contributed by atoms with Gasteiger partial charge in [-0.1, -0.05) is 54.2 Å². The van der Waals surface area contributed by atoms with Crippen molar-refractivity contribution in [2.24, 2.45) is 0 Å². The Balaban J connectivity index is 2.12. The van der Waals surface area contributed by atoms with Crippen molar-refractivity contribution in [3.05, 3.63) is 71.3 Å². The number of hydrogen-bond acceptors (Lipinski definition) is 4. The summed E-state index contributed by atoms with van der Waals surface area (Å²) in [4.78, 5) is 23.9. The van der Waals surface area contributed by atoms with Gasteiger partial charge in [-0.15, -0.1) is 0 Å². The minimum Gasteiger partial charge on any atom is -0.396 e. The Morgan fingerprint density at radius 2 is 1.40 bits per heavy atom. The first-order chi connectivity index (χ1) is 9.72. The monoisotopic (exact) mass is 286 g/mol. The number of rotatable bonds is 5. The molecule has 0 spiro atoms. The Kier molecular flexibility index (Phi) is 5.09. The molecule has 0 fully saturated rings. The van der Waals surface area contributed by atoms with E-state index in [-0.39, 0.29) is 17.5 Å². The predicted octanol–water partition coefficient (Wildman–Crippen LogP) is 2.78. The standard InChI is InChI=1S/C16H14O3S/c17-10-11-20-16(19)14-8-6-13(7-9-14)15(18)12-4-2-1-3-5-12/h1-9,17H,10-11H2. The molecule has 102 valence electrons. The molecule has 0 aliphatic carbocycles. The SMILES string of the molecule is O=C(SCCO)c1ccc(C(=O)c2ccccc2)cc1. The number of carbonyl (C=O) groups is 2. The van der Waals surface area contributed by atoms with Crippen molar-refractivity contribution in [2.75, 3.05) is 12.4 Å². The zero-order valence-corrected chi connectivity index (χ0v) is 11.6. The Morgan fingerprint density at radius 1 is 0.850 bits per heavy atom. The van der Waals surface area contributed by atoms with E-state index in [1.807, 2.05) is 18.2 Å². The van der Waals surface area contributed by atoms with Gasteiger partial charge in [-0.05, 0) is 12.1 Å². The summed E-state index contributed by atoms with van der Waals surface area (Å²) in [7, 11) is 0. The van der Waals surface area contributed by atoms with Crippen LogP contribution < -0.4 is 0 Å². The van der Waals surface area contributed by atoms with E-state index in [2.05, 4.69) is 0 Å². The smallest absolute Gasteiger partial charge is 0.219 e. The Morgan fingerprint density at radius 3 is 2.00 bits per heavy atom. The van der Waals surface area contributed by atoms with E-state index in [0.717, 1.165) is 11.8 Å². The maximum absolute atomic E-state index is 12.2. The lowest BCUT2D eigenvalue weighted by Gasteiger charge is -2.03. The Labute approximate surface area is 121 Å². The third kappa shape index (κ3) is 3.56. The maximum atomic E-state index is 12.2. The first-order valence-corrected chi connectivity index (χ1v) is 7.18. The molecule has 3 nitrogen and oxygen atoms in total. The van der Waals surface area contributed by atoms with Gasteiger partial charge in [0.25, 0.3) is 0 Å². The normalized spacial score (nSPS) is 10.2. The summed E-state index contributed by atoms with van der Waals surface area (Å²) in [6.45, 7) is -0.0268. The molecule has 0 aliphatic rings. The maximum Gasteiger partial charge on any atom is 0.219 e. The first kappa shape index (κ1) is 14.5. The van der Waals surface area contributed by atoms with E-state index < -0.39 is 0 Å². The second kappa shape index (κ2) is 7.03. The number of benzene rings is 2. The molecule has 20 heavy (non-hydrogen) atoms. The second-order valence-electron chi connectivity index (χ2n) is 4.13. The number of aliphatic hydroxyl groups is 1. The number of thioether (sulfide) groups is 1. The van der Waals surface area contributed by atoms with Gasteiger partial charge in [0.05, 0.1) is 6.61 Å². The van der Waals surface area contributed by atoms with Crippen LogP contribution in [-0.4, -0.2) is 28.4 Å². The lowest BCUT2D eigenvalue weighted by atomic mass is 10.0. The number of carbonyl (C=O) groups excluding carboxylic acids is 2. The molecule has 2 aromatic carbocycles. The van der Waals surface area contributed by atoms with Crippen molar-refractivity contribution in [2.45, 2.75) is 0 Å². The third-order valence-corrected chi connectivity index (χ3v) is 3.63. The van der Waals surface area contributed by atoms with Crippen LogP contribution in [0.25, 0.3) is 0 Å². The van der Waals surface area contributed by atoms with E-state index in [4.69, 9.17) is 5.11 Å². The molecule has 1 N–H and O–H groups in total. The fourth-order valence-corrected chi connectivity index (χ4v) is 2.31. The van der Waals surface area contributed by atoms with Crippen LogP contribution in [0.15, 0.2) is 54.6 Å². The number of ketones is 1. The van der Waals surface area contributed by atoms with Gasteiger partial charge >= 0.3 is 0 Å². The average Bonchev–Trinajstić information content (AvgIpc) is 2.53. The summed E-state index contributed by atoms with van der Waals surface area (Å²) < 4.78 is 0. The van der Waals surface area contributed by atoms with E-state index in [9.17, 15) is 9.59 Å². The van der Waals surface area contributed by atoms with Crippen LogP contribution in [0, 0.1) is 0 Å². The summed E-state index contributed by atoms with van der Waals surface area (Å²) in [6, 6.07) is 15.6. The Bertz CT molecular complexity index is 591. The predicted molar refractivity (Wildman–Crippen MR) is 80.2 cm³/mol. The van der Waals surface area contributed by atoms with Gasteiger partial charge in [0, 0.05) is 22.4 Å². The number of hydrogen-bond donors (Lipinski definition) is 1. The van der Waals surface area contributed by atoms with Crippen LogP contribution in [0.4, 0.5) is 0 Å². The molecule has 0 aromatic heterocycles. The van der Waals surface area contributed by atoms with Crippen LogP contribution >= 0.6 is 11.8 Å². The van der Waals surface area contributed by atoms with Gasteiger partial charge in [0.2, 0.25) is 5.12 Å². The van der Waals surface area contributed by atoms with Crippen molar-refractivity contribution >= 4 is 22.7 Å². The van der Waals surface area contributed by atoms with Gasteiger partial charge in [-0.25, -0.2) is 0 Å². The molecular weight excluding hydrogens is 272 g/mol. The van der Waals surface area contributed by atoms with Crippen LogP contribution in [0.1, 0.15) is 26.3 Å². The van der Waals surface area contributed by atoms with Crippen LogP contribution in [0.5, 0.6) is 0 Å². The average molecular weight is 286 g/mol. The third-order valence-electron chi connectivity index (χ3n) is 2.74. The van der Waals surface area contributed by atoms with Gasteiger partial charge in [-0.2, -0.15) is 0 Å². The summed E-state index contributed by atoms with van der Waals surface area (Å²) in [5.74, 6) is 0.316. The molecule has 4 heteroatoms. The Hall–Kier alpha value is -1.91. The summed E-state index contributed by atoms with van der Waals surface area (Å²) in [5.41, 5.74) is 1.72. The molecule has 0 radical (unpaired) electrons. The zero-order valence-electron chi connectivity index (χ0n) is 10.8. The highest BCUT2D eigenvalue weighted by molar-refractivity contribution is 8.14. The molecule has 0 amide bonds. The minimum atomic E-state index is -0.0993. The van der Waals surface area contributed by atoms with Gasteiger partial charge in [-0.3, -0.25) is 9.59 Å². The molecule has 2 rings (SSSR count). The largest absolute Gasteiger partial charge is 0.396 e. The van der Waals surface area contributed by atoms with Crippen molar-refractivity contribution in [1.82, 2.24) is 0 Å². The van der Waals surface area contributed by atoms with Crippen LogP contribution in [0.3, 0.4) is 0 Å². The second-order valence-corrected chi connectivity index (χ2v) is 5.20. The highest BCUT2D eigenvalue weighted by Gasteiger charge is 2.10. The van der Waals surface area contributed by atoms with E-state index in [1.165, 1.54) is 0 Å². The zero-order chi connectivity index (χ0) is 14.4. The summed E-state index contributed by atoms with van der Waals surface area (Å²) in [5, 5.41) is 8.59. The molecular formula is C16H14O3S. The fourth-order valence-electron chi connectivity index (χ4n) is 1.74. The topological polar surface area (TPSA) is 54.4 Å². The molecule has 0 saturated heterocycles. The number of aliphatic hydroxyl groups excluding tert-OH is 1. The summed E-state index contributed by atoms with van der Waals surface area (Å²) >= 11 is 1.07. The van der Waals surface area contributed by atoms with Crippen LogP contribution in [0.2, 0.25) is 0 Å². The first-order valence-electron chi connectivity index (χ1n) is 6.20. The van der Waals surface area contributed by atoms with Gasteiger partial charge < -0.3 is 5.11 Å². The molecule has 2 aromatic rings. The van der Waals surface area contributed by atoms with E-state index in [1.54, 1.807) is 36.4 Å². The van der Waals surface area contributed by atoms with Crippen molar-refractivity contribution < 1.29 is 14.7 Å². The van der Waals surface area contributed by atoms with E-state index >= 15 is 0 Å². The quantitative estimate of drug-likeness (QED) is 0.859. The van der Waals surface area contributed by atoms with E-state index in [0.29, 0.717) is 22.4 Å². The molecule has 0 saturated carbocycles. The van der Waals surface area contributed by atoms with Crippen molar-refractivity contribution in [1.29, 1.82) is 0 Å². The minimum absolute atomic E-state index is 0.0268. The highest BCUT2D eigenvalue weighted by atomic mass is 32.2. The lowest BCUT2D eigenvalue weighted by Crippen LogP contribution is -2.02. The molecule has 0 aliphatic heterocycles. The molecule has 0 atom stereocenters. The molecule has 0 unspecified atom stereocenters. The van der Waals surface area contributed by atoms with Gasteiger partial charge in [0.1, 0.15) is 0 Å².